The average Bonchev–Trinajstić information content (AvgIpc) is 3.00. The number of nitrogens with two attached hydrogens (primary N) is 1. The highest BCUT2D eigenvalue weighted by Gasteiger charge is 2.26. The summed E-state index contributed by atoms with van der Waals surface area (Å²) in [6, 6.07) is 3.30. The number of pyridine rings is 1. The minimum atomic E-state index is -3.86. The van der Waals surface area contributed by atoms with Gasteiger partial charge in [-0.05, 0) is 19.1 Å². The van der Waals surface area contributed by atoms with Crippen molar-refractivity contribution in [3.05, 3.63) is 35.6 Å². The molecule has 0 aromatic carbocycles. The molecule has 8 nitrogen and oxygen atoms in total. The van der Waals surface area contributed by atoms with Crippen molar-refractivity contribution < 1.29 is 8.42 Å². The van der Waals surface area contributed by atoms with Crippen molar-refractivity contribution in [2.75, 3.05) is 10.1 Å². The maximum Gasteiger partial charge on any atom is 0.281 e. The van der Waals surface area contributed by atoms with Gasteiger partial charge in [-0.3, -0.25) is 14.1 Å². The van der Waals surface area contributed by atoms with Crippen molar-refractivity contribution in [3.63, 3.8) is 0 Å². The Labute approximate surface area is 124 Å². The third kappa shape index (κ3) is 2.33. The van der Waals surface area contributed by atoms with Gasteiger partial charge in [0.1, 0.15) is 0 Å². The van der Waals surface area contributed by atoms with Crippen molar-refractivity contribution >= 4 is 37.8 Å². The number of nitrogens with one attached hydrogen (secondary N) is 2. The zero-order valence-electron chi connectivity index (χ0n) is 10.9. The fourth-order valence-electron chi connectivity index (χ4n) is 1.90. The summed E-state index contributed by atoms with van der Waals surface area (Å²) in [6.45, 7) is 1.72. The van der Waals surface area contributed by atoms with Gasteiger partial charge in [-0.2, -0.15) is 13.4 Å². The van der Waals surface area contributed by atoms with E-state index in [-0.39, 0.29) is 10.8 Å². The molecule has 0 spiro atoms. The van der Waals surface area contributed by atoms with Crippen molar-refractivity contribution in [2.24, 2.45) is 5.84 Å². The molecule has 0 aliphatic heterocycles. The predicted octanol–water partition coefficient (Wildman–Crippen LogP) is 1.19. The van der Waals surface area contributed by atoms with Crippen LogP contribution in [0.3, 0.4) is 0 Å². The molecule has 0 saturated carbocycles. The van der Waals surface area contributed by atoms with E-state index in [1.54, 1.807) is 36.8 Å². The standard InChI is InChI=1S/C11H12N6O2S2/c1-7-8(3-2-4-13-7)16-21(18,19)10-9(15-12)14-11-17(10)5-6-20-11/h2-6,15-16H,12H2,1H3. The number of sulfonamides is 1. The van der Waals surface area contributed by atoms with Gasteiger partial charge in [-0.15, -0.1) is 11.3 Å². The second kappa shape index (κ2) is 4.98. The molecule has 3 rings (SSSR count). The van der Waals surface area contributed by atoms with Crippen LogP contribution in [0.15, 0.2) is 34.9 Å². The SMILES string of the molecule is Cc1ncccc1NS(=O)(=O)c1c(NN)nc2sccn12. The topological polar surface area (TPSA) is 114 Å². The Hall–Kier alpha value is -2.17. The fraction of sp³-hybridized carbons (Fsp3) is 0.0909. The molecule has 3 aromatic rings. The van der Waals surface area contributed by atoms with E-state index in [0.29, 0.717) is 16.3 Å². The monoisotopic (exact) mass is 324 g/mol. The second-order valence-corrected chi connectivity index (χ2v) is 6.68. The number of aryl methyl sites for hydroxylation is 1. The average molecular weight is 324 g/mol. The Bertz CT molecular complexity index is 898. The first kappa shape index (κ1) is 13.8. The number of nitrogens with zero attached hydrogens (tertiary/aromatic N) is 3. The number of fused-ring (bicyclic) bond motifs is 1. The zero-order chi connectivity index (χ0) is 15.0. The summed E-state index contributed by atoms with van der Waals surface area (Å²) in [7, 11) is -3.86. The van der Waals surface area contributed by atoms with Gasteiger partial charge in [-0.1, -0.05) is 0 Å². The second-order valence-electron chi connectivity index (χ2n) is 4.21. The summed E-state index contributed by atoms with van der Waals surface area (Å²) < 4.78 is 29.2. The van der Waals surface area contributed by atoms with Crippen molar-refractivity contribution in [1.82, 2.24) is 14.4 Å². The minimum absolute atomic E-state index is 0.0375. The zero-order valence-corrected chi connectivity index (χ0v) is 12.6. The number of anilines is 2. The van der Waals surface area contributed by atoms with Gasteiger partial charge in [0.25, 0.3) is 10.0 Å². The summed E-state index contributed by atoms with van der Waals surface area (Å²) in [5.41, 5.74) is 3.30. The number of imidazole rings is 1. The fourth-order valence-corrected chi connectivity index (χ4v) is 4.04. The predicted molar refractivity (Wildman–Crippen MR) is 80.7 cm³/mol. The van der Waals surface area contributed by atoms with E-state index in [1.807, 2.05) is 0 Å². The molecule has 0 fully saturated rings. The summed E-state index contributed by atoms with van der Waals surface area (Å²) >= 11 is 1.31. The van der Waals surface area contributed by atoms with E-state index in [1.165, 1.54) is 15.7 Å². The van der Waals surface area contributed by atoms with Crippen LogP contribution in [-0.2, 0) is 10.0 Å². The van der Waals surface area contributed by atoms with E-state index >= 15 is 0 Å². The van der Waals surface area contributed by atoms with Crippen LogP contribution >= 0.6 is 11.3 Å². The Morgan fingerprint density at radius 2 is 2.24 bits per heavy atom. The van der Waals surface area contributed by atoms with Gasteiger partial charge in [0.15, 0.2) is 10.8 Å². The lowest BCUT2D eigenvalue weighted by atomic mass is 10.3. The third-order valence-corrected chi connectivity index (χ3v) is 5.01. The number of nitrogen functional groups attached to an aromatic ring is 1. The number of thiazole rings is 1. The number of hydrogen-bond acceptors (Lipinski definition) is 7. The smallest absolute Gasteiger partial charge is 0.281 e. The Kier molecular flexibility index (Phi) is 3.27. The van der Waals surface area contributed by atoms with Gasteiger partial charge in [-0.25, -0.2) is 5.84 Å². The van der Waals surface area contributed by atoms with Crippen LogP contribution in [-0.4, -0.2) is 22.8 Å². The van der Waals surface area contributed by atoms with Crippen LogP contribution in [0.5, 0.6) is 0 Å². The third-order valence-electron chi connectivity index (χ3n) is 2.86. The molecule has 0 aliphatic carbocycles. The molecule has 10 heteroatoms. The van der Waals surface area contributed by atoms with Crippen LogP contribution < -0.4 is 16.0 Å². The van der Waals surface area contributed by atoms with Gasteiger partial charge in [0.05, 0.1) is 11.4 Å². The lowest BCUT2D eigenvalue weighted by Crippen LogP contribution is -2.19. The highest BCUT2D eigenvalue weighted by atomic mass is 32.2. The van der Waals surface area contributed by atoms with E-state index in [9.17, 15) is 8.42 Å². The van der Waals surface area contributed by atoms with E-state index in [0.717, 1.165) is 0 Å². The van der Waals surface area contributed by atoms with E-state index < -0.39 is 10.0 Å². The quantitative estimate of drug-likeness (QED) is 0.490. The van der Waals surface area contributed by atoms with Crippen molar-refractivity contribution in [2.45, 2.75) is 11.9 Å². The molecule has 0 amide bonds. The highest BCUT2D eigenvalue weighted by molar-refractivity contribution is 7.92. The molecule has 3 heterocycles. The number of hydrogen-bond donors (Lipinski definition) is 3. The van der Waals surface area contributed by atoms with Gasteiger partial charge < -0.3 is 5.43 Å². The number of hydrazine groups is 1. The van der Waals surface area contributed by atoms with Gasteiger partial charge in [0, 0.05) is 17.8 Å². The molecule has 110 valence electrons. The molecule has 0 radical (unpaired) electrons. The molecule has 0 atom stereocenters. The molecule has 21 heavy (non-hydrogen) atoms. The first-order chi connectivity index (χ1) is 10.0. The molecule has 0 unspecified atom stereocenters. The molecule has 3 aromatic heterocycles. The van der Waals surface area contributed by atoms with Crippen molar-refractivity contribution in [1.29, 1.82) is 0 Å². The molecule has 4 N–H and O–H groups in total. The van der Waals surface area contributed by atoms with Crippen molar-refractivity contribution in [3.8, 4) is 0 Å². The van der Waals surface area contributed by atoms with Crippen LogP contribution in [0.1, 0.15) is 5.69 Å². The van der Waals surface area contributed by atoms with Crippen LogP contribution in [0.4, 0.5) is 11.5 Å². The maximum atomic E-state index is 12.6. The Balaban J connectivity index is 2.12. The first-order valence-electron chi connectivity index (χ1n) is 5.89. The number of rotatable bonds is 4. The molecule has 0 saturated heterocycles. The lowest BCUT2D eigenvalue weighted by molar-refractivity contribution is 0.597. The largest absolute Gasteiger partial charge is 0.306 e. The molecule has 0 aliphatic rings. The summed E-state index contributed by atoms with van der Waals surface area (Å²) in [4.78, 5) is 8.72. The molecule has 0 bridgehead atoms. The molecular weight excluding hydrogens is 312 g/mol. The minimum Gasteiger partial charge on any atom is -0.306 e. The first-order valence-corrected chi connectivity index (χ1v) is 8.26. The summed E-state index contributed by atoms with van der Waals surface area (Å²) in [5, 5.41) is 1.71. The highest BCUT2D eigenvalue weighted by Crippen LogP contribution is 2.27. The van der Waals surface area contributed by atoms with Crippen LogP contribution in [0, 0.1) is 6.92 Å². The van der Waals surface area contributed by atoms with Crippen LogP contribution in [0.2, 0.25) is 0 Å². The van der Waals surface area contributed by atoms with E-state index in [2.05, 4.69) is 20.1 Å². The molecular formula is C11H12N6O2S2. The van der Waals surface area contributed by atoms with Gasteiger partial charge >= 0.3 is 0 Å². The van der Waals surface area contributed by atoms with E-state index in [4.69, 9.17) is 5.84 Å². The Morgan fingerprint density at radius 1 is 1.43 bits per heavy atom. The normalized spacial score (nSPS) is 11.7. The summed E-state index contributed by atoms with van der Waals surface area (Å²) in [5.74, 6) is 5.46. The van der Waals surface area contributed by atoms with Gasteiger partial charge in [0.2, 0.25) is 5.03 Å². The maximum absolute atomic E-state index is 12.6. The Morgan fingerprint density at radius 3 is 2.95 bits per heavy atom. The lowest BCUT2D eigenvalue weighted by Gasteiger charge is -2.10. The summed E-state index contributed by atoms with van der Waals surface area (Å²) in [6.07, 6.45) is 3.22. The van der Waals surface area contributed by atoms with Crippen LogP contribution in [0.25, 0.3) is 4.96 Å². The number of aromatic nitrogens is 3.